The first-order valence-electron chi connectivity index (χ1n) is 7.89. The summed E-state index contributed by atoms with van der Waals surface area (Å²) in [6.07, 6.45) is 4.75. The fourth-order valence-corrected chi connectivity index (χ4v) is 2.71. The summed E-state index contributed by atoms with van der Waals surface area (Å²) in [4.78, 5) is 6.69. The van der Waals surface area contributed by atoms with E-state index in [0.717, 1.165) is 36.3 Å². The standard InChI is InChI=1S/C19H22N4O/c1-13(14-7-9-23(2)10-8-14)16-12-15(5-6-17(16)20)22-19(21)18-4-3-11-24-18/h3-7,11-12H,1,8-10,20H2,2H3,(H2,21,22). The van der Waals surface area contributed by atoms with Gasteiger partial charge in [0.25, 0.3) is 0 Å². The second kappa shape index (κ2) is 6.76. The van der Waals surface area contributed by atoms with E-state index in [2.05, 4.69) is 29.6 Å². The summed E-state index contributed by atoms with van der Waals surface area (Å²) in [6.45, 7) is 6.19. The van der Waals surface area contributed by atoms with E-state index in [1.165, 1.54) is 5.57 Å². The van der Waals surface area contributed by atoms with Gasteiger partial charge >= 0.3 is 0 Å². The third-order valence-corrected chi connectivity index (χ3v) is 4.19. The van der Waals surface area contributed by atoms with Crippen LogP contribution in [0.3, 0.4) is 0 Å². The molecule has 1 aromatic carbocycles. The zero-order valence-corrected chi connectivity index (χ0v) is 13.8. The van der Waals surface area contributed by atoms with E-state index < -0.39 is 0 Å². The Morgan fingerprint density at radius 3 is 2.83 bits per heavy atom. The van der Waals surface area contributed by atoms with Crippen molar-refractivity contribution in [3.8, 4) is 0 Å². The maximum atomic E-state index is 6.15. The fourth-order valence-electron chi connectivity index (χ4n) is 2.71. The molecule has 0 aliphatic carbocycles. The van der Waals surface area contributed by atoms with Gasteiger partial charge < -0.3 is 20.8 Å². The number of amidine groups is 1. The zero-order chi connectivity index (χ0) is 17.1. The first kappa shape index (κ1) is 16.1. The summed E-state index contributed by atoms with van der Waals surface area (Å²) >= 11 is 0. The number of allylic oxidation sites excluding steroid dienone is 1. The van der Waals surface area contributed by atoms with Gasteiger partial charge in [-0.2, -0.15) is 0 Å². The molecule has 1 aromatic heterocycles. The van der Waals surface area contributed by atoms with Crippen LogP contribution in [0.4, 0.5) is 11.4 Å². The number of hydrogen-bond donors (Lipinski definition) is 2. The molecule has 24 heavy (non-hydrogen) atoms. The number of anilines is 1. The van der Waals surface area contributed by atoms with Crippen LogP contribution < -0.4 is 11.5 Å². The molecule has 0 saturated heterocycles. The number of rotatable bonds is 4. The van der Waals surface area contributed by atoms with Crippen LogP contribution >= 0.6 is 0 Å². The third-order valence-electron chi connectivity index (χ3n) is 4.19. The van der Waals surface area contributed by atoms with E-state index in [1.54, 1.807) is 18.4 Å². The van der Waals surface area contributed by atoms with Crippen molar-refractivity contribution in [3.05, 3.63) is 66.1 Å². The Morgan fingerprint density at radius 1 is 1.33 bits per heavy atom. The number of likely N-dealkylation sites (N-methyl/N-ethyl adjacent to an activating group) is 1. The molecule has 0 saturated carbocycles. The first-order chi connectivity index (χ1) is 11.5. The highest BCUT2D eigenvalue weighted by Crippen LogP contribution is 2.32. The predicted octanol–water partition coefficient (Wildman–Crippen LogP) is 3.17. The summed E-state index contributed by atoms with van der Waals surface area (Å²) in [6, 6.07) is 9.15. The first-order valence-corrected chi connectivity index (χ1v) is 7.89. The Bertz CT molecular complexity index is 803. The molecule has 0 bridgehead atoms. The minimum atomic E-state index is 0.333. The van der Waals surface area contributed by atoms with Gasteiger partial charge in [0.15, 0.2) is 11.6 Å². The van der Waals surface area contributed by atoms with Crippen LogP contribution in [0.5, 0.6) is 0 Å². The van der Waals surface area contributed by atoms with Crippen molar-refractivity contribution in [1.29, 1.82) is 0 Å². The van der Waals surface area contributed by atoms with E-state index in [-0.39, 0.29) is 0 Å². The normalized spacial score (nSPS) is 16.0. The molecule has 4 N–H and O–H groups in total. The quantitative estimate of drug-likeness (QED) is 0.515. The highest BCUT2D eigenvalue weighted by molar-refractivity contribution is 5.97. The highest BCUT2D eigenvalue weighted by Gasteiger charge is 2.14. The van der Waals surface area contributed by atoms with E-state index in [0.29, 0.717) is 17.3 Å². The van der Waals surface area contributed by atoms with E-state index in [1.807, 2.05) is 18.2 Å². The number of benzene rings is 1. The molecule has 0 spiro atoms. The lowest BCUT2D eigenvalue weighted by molar-refractivity contribution is 0.362. The van der Waals surface area contributed by atoms with Crippen molar-refractivity contribution < 1.29 is 4.42 Å². The molecule has 1 aliphatic rings. The lowest BCUT2D eigenvalue weighted by Crippen LogP contribution is -2.24. The molecule has 0 fully saturated rings. The minimum Gasteiger partial charge on any atom is -0.461 e. The topological polar surface area (TPSA) is 80.8 Å². The maximum Gasteiger partial charge on any atom is 0.168 e. The van der Waals surface area contributed by atoms with Gasteiger partial charge in [-0.1, -0.05) is 12.7 Å². The fraction of sp³-hybridized carbons (Fsp3) is 0.211. The number of nitrogens with two attached hydrogens (primary N) is 2. The van der Waals surface area contributed by atoms with Crippen LogP contribution in [-0.4, -0.2) is 30.9 Å². The molecule has 2 aromatic rings. The van der Waals surface area contributed by atoms with E-state index >= 15 is 0 Å². The average Bonchev–Trinajstić information content (AvgIpc) is 3.11. The second-order valence-corrected chi connectivity index (χ2v) is 5.97. The Kier molecular flexibility index (Phi) is 4.53. The van der Waals surface area contributed by atoms with E-state index in [9.17, 15) is 0 Å². The molecule has 2 heterocycles. The van der Waals surface area contributed by atoms with Gasteiger partial charge in [0, 0.05) is 24.3 Å². The Balaban J connectivity index is 1.89. The Labute approximate surface area is 142 Å². The summed E-state index contributed by atoms with van der Waals surface area (Å²) in [5, 5.41) is 0. The lowest BCUT2D eigenvalue weighted by Gasteiger charge is -2.23. The molecule has 5 nitrogen and oxygen atoms in total. The molecule has 0 amide bonds. The lowest BCUT2D eigenvalue weighted by atomic mass is 9.93. The Hall–Kier alpha value is -2.79. The van der Waals surface area contributed by atoms with Crippen molar-refractivity contribution in [2.75, 3.05) is 25.9 Å². The van der Waals surface area contributed by atoms with Crippen molar-refractivity contribution >= 4 is 22.8 Å². The largest absolute Gasteiger partial charge is 0.461 e. The van der Waals surface area contributed by atoms with Crippen LogP contribution in [0.25, 0.3) is 5.57 Å². The monoisotopic (exact) mass is 322 g/mol. The molecule has 3 rings (SSSR count). The number of nitrogen functional groups attached to an aromatic ring is 1. The van der Waals surface area contributed by atoms with Crippen LogP contribution in [0, 0.1) is 0 Å². The molecule has 1 aliphatic heterocycles. The van der Waals surface area contributed by atoms with Crippen molar-refractivity contribution in [1.82, 2.24) is 4.90 Å². The summed E-state index contributed by atoms with van der Waals surface area (Å²) in [5.41, 5.74) is 16.6. The van der Waals surface area contributed by atoms with Gasteiger partial charge in [0.1, 0.15) is 0 Å². The Morgan fingerprint density at radius 2 is 2.17 bits per heavy atom. The molecule has 5 heteroatoms. The molecule has 124 valence electrons. The van der Waals surface area contributed by atoms with Gasteiger partial charge in [-0.25, -0.2) is 4.99 Å². The zero-order valence-electron chi connectivity index (χ0n) is 13.8. The number of hydrogen-bond acceptors (Lipinski definition) is 4. The van der Waals surface area contributed by atoms with Gasteiger partial charge in [0.2, 0.25) is 0 Å². The average molecular weight is 322 g/mol. The molecule has 0 unspecified atom stereocenters. The summed E-state index contributed by atoms with van der Waals surface area (Å²) in [7, 11) is 2.11. The van der Waals surface area contributed by atoms with Crippen LogP contribution in [0.1, 0.15) is 17.7 Å². The van der Waals surface area contributed by atoms with Crippen LogP contribution in [-0.2, 0) is 0 Å². The highest BCUT2D eigenvalue weighted by atomic mass is 16.3. The van der Waals surface area contributed by atoms with Gasteiger partial charge in [0.05, 0.1) is 12.0 Å². The number of aliphatic imine (C=N–C) groups is 1. The molecule has 0 radical (unpaired) electrons. The van der Waals surface area contributed by atoms with Crippen molar-refractivity contribution in [3.63, 3.8) is 0 Å². The molecule has 0 atom stereocenters. The maximum absolute atomic E-state index is 6.15. The molecular weight excluding hydrogens is 300 g/mol. The van der Waals surface area contributed by atoms with Crippen LogP contribution in [0.15, 0.2) is 64.2 Å². The smallest absolute Gasteiger partial charge is 0.168 e. The number of furan rings is 1. The summed E-state index contributed by atoms with van der Waals surface area (Å²) in [5.74, 6) is 0.880. The molecular formula is C19H22N4O. The predicted molar refractivity (Wildman–Crippen MR) is 99.2 cm³/mol. The second-order valence-electron chi connectivity index (χ2n) is 5.97. The van der Waals surface area contributed by atoms with Gasteiger partial charge in [-0.05, 0) is 54.9 Å². The minimum absolute atomic E-state index is 0.333. The van der Waals surface area contributed by atoms with Crippen molar-refractivity contribution in [2.24, 2.45) is 10.7 Å². The summed E-state index contributed by atoms with van der Waals surface area (Å²) < 4.78 is 5.26. The van der Waals surface area contributed by atoms with Gasteiger partial charge in [-0.15, -0.1) is 0 Å². The van der Waals surface area contributed by atoms with Gasteiger partial charge in [-0.3, -0.25) is 0 Å². The van der Waals surface area contributed by atoms with Crippen LogP contribution in [0.2, 0.25) is 0 Å². The number of nitrogens with zero attached hydrogens (tertiary/aromatic N) is 2. The third kappa shape index (κ3) is 3.41. The SMILES string of the molecule is C=C(C1=CCN(C)CC1)c1cc(N=C(N)c2ccco2)ccc1N. The van der Waals surface area contributed by atoms with Crippen molar-refractivity contribution in [2.45, 2.75) is 6.42 Å². The van der Waals surface area contributed by atoms with E-state index in [4.69, 9.17) is 15.9 Å².